The van der Waals surface area contributed by atoms with Gasteiger partial charge in [0.1, 0.15) is 11.6 Å². The second-order valence-electron chi connectivity index (χ2n) is 5.17. The van der Waals surface area contributed by atoms with Gasteiger partial charge in [0, 0.05) is 30.1 Å². The molecule has 1 aliphatic heterocycles. The standard InChI is InChI=1S/C16H15BrFN3O2/c1-9(17)16(22)21-10-2-3-14(12(18)8-10)23-13-5-7-20-15-11(13)4-6-19-15/h2-3,5,7-9H,4,6H2,1H3,(H,19,20)(H,21,22). The average molecular weight is 380 g/mol. The van der Waals surface area contributed by atoms with Crippen molar-refractivity contribution in [3.05, 3.63) is 41.8 Å². The number of hydrogen-bond acceptors (Lipinski definition) is 4. The normalized spacial score (nSPS) is 13.9. The van der Waals surface area contributed by atoms with Crippen LogP contribution in [-0.4, -0.2) is 22.3 Å². The summed E-state index contributed by atoms with van der Waals surface area (Å²) in [5.41, 5.74) is 1.32. The van der Waals surface area contributed by atoms with E-state index in [1.165, 1.54) is 12.1 Å². The van der Waals surface area contributed by atoms with E-state index >= 15 is 0 Å². The Kier molecular flexibility index (Phi) is 4.47. The fourth-order valence-electron chi connectivity index (χ4n) is 2.29. The van der Waals surface area contributed by atoms with Crippen LogP contribution < -0.4 is 15.4 Å². The van der Waals surface area contributed by atoms with E-state index < -0.39 is 5.82 Å². The van der Waals surface area contributed by atoms with E-state index in [1.54, 1.807) is 25.3 Å². The fraction of sp³-hybridized carbons (Fsp3) is 0.250. The molecule has 3 rings (SSSR count). The number of carbonyl (C=O) groups is 1. The molecule has 0 spiro atoms. The molecular weight excluding hydrogens is 365 g/mol. The number of halogens is 2. The molecule has 1 amide bonds. The highest BCUT2D eigenvalue weighted by Gasteiger charge is 2.18. The third kappa shape index (κ3) is 3.44. The van der Waals surface area contributed by atoms with Gasteiger partial charge in [0.05, 0.1) is 4.83 Å². The van der Waals surface area contributed by atoms with Crippen LogP contribution in [0.25, 0.3) is 0 Å². The predicted molar refractivity (Wildman–Crippen MR) is 89.9 cm³/mol. The number of rotatable bonds is 4. The largest absolute Gasteiger partial charge is 0.454 e. The number of amides is 1. The van der Waals surface area contributed by atoms with E-state index in [9.17, 15) is 9.18 Å². The second-order valence-corrected chi connectivity index (χ2v) is 6.54. The molecule has 23 heavy (non-hydrogen) atoms. The zero-order chi connectivity index (χ0) is 16.4. The first kappa shape index (κ1) is 15.7. The number of carbonyl (C=O) groups excluding carboxylic acids is 1. The van der Waals surface area contributed by atoms with E-state index in [0.29, 0.717) is 11.4 Å². The number of benzene rings is 1. The first-order valence-corrected chi connectivity index (χ1v) is 8.10. The Balaban J connectivity index is 1.79. The van der Waals surface area contributed by atoms with E-state index in [0.717, 1.165) is 24.3 Å². The Morgan fingerprint density at radius 2 is 2.26 bits per heavy atom. The molecule has 7 heteroatoms. The van der Waals surface area contributed by atoms with Gasteiger partial charge in [-0.2, -0.15) is 0 Å². The van der Waals surface area contributed by atoms with E-state index in [2.05, 4.69) is 31.5 Å². The van der Waals surface area contributed by atoms with Crippen molar-refractivity contribution < 1.29 is 13.9 Å². The molecule has 5 nitrogen and oxygen atoms in total. The molecule has 2 N–H and O–H groups in total. The van der Waals surface area contributed by atoms with Crippen LogP contribution in [0.4, 0.5) is 15.9 Å². The minimum Gasteiger partial charge on any atom is -0.454 e. The Morgan fingerprint density at radius 3 is 3.00 bits per heavy atom. The van der Waals surface area contributed by atoms with Gasteiger partial charge in [-0.1, -0.05) is 15.9 Å². The van der Waals surface area contributed by atoms with E-state index in [-0.39, 0.29) is 16.5 Å². The van der Waals surface area contributed by atoms with Gasteiger partial charge in [-0.3, -0.25) is 4.79 Å². The number of hydrogen-bond donors (Lipinski definition) is 2. The lowest BCUT2D eigenvalue weighted by Crippen LogP contribution is -2.19. The summed E-state index contributed by atoms with van der Waals surface area (Å²) >= 11 is 3.16. The van der Waals surface area contributed by atoms with Gasteiger partial charge in [0.25, 0.3) is 0 Å². The van der Waals surface area contributed by atoms with Crippen LogP contribution in [-0.2, 0) is 11.2 Å². The maximum atomic E-state index is 14.2. The molecule has 0 saturated carbocycles. The van der Waals surface area contributed by atoms with Crippen LogP contribution in [0.1, 0.15) is 12.5 Å². The van der Waals surface area contributed by atoms with Crippen LogP contribution in [0.5, 0.6) is 11.5 Å². The molecular formula is C16H15BrFN3O2. The molecule has 2 heterocycles. The molecule has 0 saturated heterocycles. The molecule has 120 valence electrons. The topological polar surface area (TPSA) is 63.2 Å². The monoisotopic (exact) mass is 379 g/mol. The maximum Gasteiger partial charge on any atom is 0.237 e. The smallest absolute Gasteiger partial charge is 0.237 e. The van der Waals surface area contributed by atoms with E-state index in [1.807, 2.05) is 0 Å². The number of anilines is 2. The maximum absolute atomic E-state index is 14.2. The van der Waals surface area contributed by atoms with Crippen molar-refractivity contribution >= 4 is 33.3 Å². The molecule has 0 fully saturated rings. The number of aromatic nitrogens is 1. The lowest BCUT2D eigenvalue weighted by Gasteiger charge is -2.12. The Bertz CT molecular complexity index is 752. The van der Waals surface area contributed by atoms with Gasteiger partial charge < -0.3 is 15.4 Å². The third-order valence-corrected chi connectivity index (χ3v) is 3.88. The van der Waals surface area contributed by atoms with Gasteiger partial charge >= 0.3 is 0 Å². The number of fused-ring (bicyclic) bond motifs is 1. The van der Waals surface area contributed by atoms with Crippen molar-refractivity contribution in [3.63, 3.8) is 0 Å². The third-order valence-electron chi connectivity index (χ3n) is 3.46. The molecule has 2 aromatic rings. The van der Waals surface area contributed by atoms with Crippen LogP contribution >= 0.6 is 15.9 Å². The molecule has 1 aliphatic rings. The summed E-state index contributed by atoms with van der Waals surface area (Å²) < 4.78 is 19.9. The highest BCUT2D eigenvalue weighted by atomic mass is 79.9. The Morgan fingerprint density at radius 1 is 1.43 bits per heavy atom. The lowest BCUT2D eigenvalue weighted by molar-refractivity contribution is -0.115. The van der Waals surface area contributed by atoms with Gasteiger partial charge in [0.15, 0.2) is 11.6 Å². The molecule has 1 aromatic heterocycles. The van der Waals surface area contributed by atoms with E-state index in [4.69, 9.17) is 4.74 Å². The van der Waals surface area contributed by atoms with Crippen molar-refractivity contribution in [3.8, 4) is 11.5 Å². The number of pyridine rings is 1. The highest BCUT2D eigenvalue weighted by molar-refractivity contribution is 9.10. The minimum atomic E-state index is -0.540. The van der Waals surface area contributed by atoms with Crippen molar-refractivity contribution in [1.29, 1.82) is 0 Å². The predicted octanol–water partition coefficient (Wildman–Crippen LogP) is 3.70. The molecule has 1 atom stereocenters. The van der Waals surface area contributed by atoms with Crippen molar-refractivity contribution in [2.75, 3.05) is 17.2 Å². The van der Waals surface area contributed by atoms with Crippen LogP contribution in [0.3, 0.4) is 0 Å². The van der Waals surface area contributed by atoms with Gasteiger partial charge in [-0.15, -0.1) is 0 Å². The van der Waals surface area contributed by atoms with Crippen molar-refractivity contribution in [2.45, 2.75) is 18.2 Å². The molecule has 0 radical (unpaired) electrons. The van der Waals surface area contributed by atoms with Crippen molar-refractivity contribution in [1.82, 2.24) is 4.98 Å². The summed E-state index contributed by atoms with van der Waals surface area (Å²) in [6.07, 6.45) is 2.41. The SMILES string of the molecule is CC(Br)C(=O)Nc1ccc(Oc2ccnc3c2CCN3)c(F)c1. The summed E-state index contributed by atoms with van der Waals surface area (Å²) in [7, 11) is 0. The summed E-state index contributed by atoms with van der Waals surface area (Å²) in [5.74, 6) is 0.690. The quantitative estimate of drug-likeness (QED) is 0.794. The average Bonchev–Trinajstić information content (AvgIpc) is 2.99. The van der Waals surface area contributed by atoms with Crippen LogP contribution in [0.15, 0.2) is 30.5 Å². The highest BCUT2D eigenvalue weighted by Crippen LogP contribution is 2.34. The molecule has 0 bridgehead atoms. The number of nitrogens with zero attached hydrogens (tertiary/aromatic N) is 1. The summed E-state index contributed by atoms with van der Waals surface area (Å²) in [6, 6.07) is 6.06. The fourth-order valence-corrected chi connectivity index (χ4v) is 2.41. The molecule has 0 aliphatic carbocycles. The van der Waals surface area contributed by atoms with Crippen LogP contribution in [0, 0.1) is 5.82 Å². The molecule has 1 unspecified atom stereocenters. The zero-order valence-electron chi connectivity index (χ0n) is 12.4. The Hall–Kier alpha value is -2.15. The lowest BCUT2D eigenvalue weighted by atomic mass is 10.2. The van der Waals surface area contributed by atoms with Gasteiger partial charge in [0.2, 0.25) is 5.91 Å². The van der Waals surface area contributed by atoms with Gasteiger partial charge in [-0.05, 0) is 31.5 Å². The summed E-state index contributed by atoms with van der Waals surface area (Å²) in [4.78, 5) is 15.5. The first-order valence-electron chi connectivity index (χ1n) is 7.18. The van der Waals surface area contributed by atoms with Crippen molar-refractivity contribution in [2.24, 2.45) is 0 Å². The number of nitrogens with one attached hydrogen (secondary N) is 2. The summed E-state index contributed by atoms with van der Waals surface area (Å²) in [5, 5.41) is 5.76. The Labute approximate surface area is 141 Å². The number of alkyl halides is 1. The minimum absolute atomic E-state index is 0.107. The summed E-state index contributed by atoms with van der Waals surface area (Å²) in [6.45, 7) is 2.49. The van der Waals surface area contributed by atoms with Crippen LogP contribution in [0.2, 0.25) is 0 Å². The second kappa shape index (κ2) is 6.54. The van der Waals surface area contributed by atoms with Gasteiger partial charge in [-0.25, -0.2) is 9.37 Å². The number of ether oxygens (including phenoxy) is 1. The zero-order valence-corrected chi connectivity index (χ0v) is 14.0. The molecule has 1 aromatic carbocycles. The first-order chi connectivity index (χ1) is 11.0.